The number of carbonyl (C=O) groups is 2. The van der Waals surface area contributed by atoms with Crippen molar-refractivity contribution in [3.63, 3.8) is 0 Å². The molecule has 2 aromatic rings. The standard InChI is InChI=1S/C17H14O4/c1-20-16-12-13(6-5-11-18)9-10-15(16)21-17(19)14-7-3-2-4-8-14/h2-12H,1H3/b6-5-. The monoisotopic (exact) mass is 282 g/mol. The predicted molar refractivity (Wildman–Crippen MR) is 79.5 cm³/mol. The number of benzene rings is 2. The summed E-state index contributed by atoms with van der Waals surface area (Å²) in [7, 11) is 1.49. The van der Waals surface area contributed by atoms with Crippen molar-refractivity contribution in [2.24, 2.45) is 0 Å². The van der Waals surface area contributed by atoms with E-state index in [0.29, 0.717) is 23.3 Å². The van der Waals surface area contributed by atoms with Gasteiger partial charge in [0, 0.05) is 0 Å². The molecule has 0 aliphatic rings. The van der Waals surface area contributed by atoms with E-state index in [9.17, 15) is 9.59 Å². The van der Waals surface area contributed by atoms with Crippen LogP contribution >= 0.6 is 0 Å². The van der Waals surface area contributed by atoms with Crippen molar-refractivity contribution in [1.29, 1.82) is 0 Å². The van der Waals surface area contributed by atoms with Gasteiger partial charge in [0.15, 0.2) is 11.5 Å². The third-order valence-electron chi connectivity index (χ3n) is 2.77. The second kappa shape index (κ2) is 7.05. The van der Waals surface area contributed by atoms with Crippen LogP contribution in [0.1, 0.15) is 15.9 Å². The van der Waals surface area contributed by atoms with E-state index in [4.69, 9.17) is 9.47 Å². The van der Waals surface area contributed by atoms with Gasteiger partial charge in [0.05, 0.1) is 12.7 Å². The van der Waals surface area contributed by atoms with Gasteiger partial charge < -0.3 is 9.47 Å². The van der Waals surface area contributed by atoms with E-state index in [1.165, 1.54) is 13.2 Å². The second-order valence-corrected chi connectivity index (χ2v) is 4.16. The van der Waals surface area contributed by atoms with E-state index in [1.54, 1.807) is 48.5 Å². The lowest BCUT2D eigenvalue weighted by Crippen LogP contribution is -2.09. The van der Waals surface area contributed by atoms with Gasteiger partial charge in [0.2, 0.25) is 0 Å². The van der Waals surface area contributed by atoms with E-state index in [1.807, 2.05) is 6.07 Å². The van der Waals surface area contributed by atoms with E-state index >= 15 is 0 Å². The third kappa shape index (κ3) is 3.79. The van der Waals surface area contributed by atoms with Gasteiger partial charge in [-0.2, -0.15) is 0 Å². The van der Waals surface area contributed by atoms with E-state index < -0.39 is 5.97 Å². The summed E-state index contributed by atoms with van der Waals surface area (Å²) < 4.78 is 10.5. The van der Waals surface area contributed by atoms with Crippen LogP contribution < -0.4 is 9.47 Å². The molecular formula is C17H14O4. The minimum Gasteiger partial charge on any atom is -0.493 e. The molecule has 0 aliphatic carbocycles. The zero-order valence-corrected chi connectivity index (χ0v) is 11.5. The largest absolute Gasteiger partial charge is 0.493 e. The van der Waals surface area contributed by atoms with Crippen molar-refractivity contribution in [1.82, 2.24) is 0 Å². The summed E-state index contributed by atoms with van der Waals surface area (Å²) in [5.41, 5.74) is 1.24. The van der Waals surface area contributed by atoms with Crippen molar-refractivity contribution in [3.8, 4) is 11.5 Å². The first-order valence-electron chi connectivity index (χ1n) is 6.31. The zero-order valence-electron chi connectivity index (χ0n) is 11.5. The Morgan fingerprint density at radius 2 is 1.81 bits per heavy atom. The van der Waals surface area contributed by atoms with Crippen molar-refractivity contribution in [3.05, 3.63) is 65.7 Å². The van der Waals surface area contributed by atoms with E-state index in [-0.39, 0.29) is 0 Å². The molecule has 0 unspecified atom stereocenters. The first kappa shape index (κ1) is 14.5. The van der Waals surface area contributed by atoms with Gasteiger partial charge in [-0.1, -0.05) is 30.3 Å². The van der Waals surface area contributed by atoms with Gasteiger partial charge in [-0.15, -0.1) is 0 Å². The summed E-state index contributed by atoms with van der Waals surface area (Å²) in [5.74, 6) is 0.298. The molecule has 106 valence electrons. The molecule has 0 heterocycles. The molecule has 0 spiro atoms. The number of hydrogen-bond acceptors (Lipinski definition) is 4. The lowest BCUT2D eigenvalue weighted by Gasteiger charge is -2.10. The highest BCUT2D eigenvalue weighted by Crippen LogP contribution is 2.29. The van der Waals surface area contributed by atoms with Gasteiger partial charge in [-0.25, -0.2) is 4.79 Å². The number of aldehydes is 1. The van der Waals surface area contributed by atoms with Crippen LogP contribution in [0, 0.1) is 0 Å². The SMILES string of the molecule is COc1cc(/C=C\C=O)ccc1OC(=O)c1ccccc1. The van der Waals surface area contributed by atoms with Crippen LogP contribution in [0.2, 0.25) is 0 Å². The Morgan fingerprint density at radius 3 is 2.48 bits per heavy atom. The molecule has 4 nitrogen and oxygen atoms in total. The number of allylic oxidation sites excluding steroid dienone is 1. The number of ether oxygens (including phenoxy) is 2. The fraction of sp³-hybridized carbons (Fsp3) is 0.0588. The fourth-order valence-corrected chi connectivity index (χ4v) is 1.76. The summed E-state index contributed by atoms with van der Waals surface area (Å²) in [4.78, 5) is 22.3. The van der Waals surface area contributed by atoms with Crippen LogP contribution in [-0.4, -0.2) is 19.4 Å². The molecule has 21 heavy (non-hydrogen) atoms. The summed E-state index contributed by atoms with van der Waals surface area (Å²) in [6.07, 6.45) is 3.71. The van der Waals surface area contributed by atoms with E-state index in [2.05, 4.69) is 0 Å². The van der Waals surface area contributed by atoms with Crippen LogP contribution in [0.5, 0.6) is 11.5 Å². The van der Waals surface area contributed by atoms with Crippen LogP contribution in [-0.2, 0) is 4.79 Å². The second-order valence-electron chi connectivity index (χ2n) is 4.16. The van der Waals surface area contributed by atoms with Crippen molar-refractivity contribution in [2.75, 3.05) is 7.11 Å². The topological polar surface area (TPSA) is 52.6 Å². The number of rotatable bonds is 5. The molecule has 0 aromatic heterocycles. The highest BCUT2D eigenvalue weighted by Gasteiger charge is 2.12. The third-order valence-corrected chi connectivity index (χ3v) is 2.77. The summed E-state index contributed by atoms with van der Waals surface area (Å²) in [6, 6.07) is 13.8. The molecular weight excluding hydrogens is 268 g/mol. The molecule has 4 heteroatoms. The molecule has 0 saturated heterocycles. The Morgan fingerprint density at radius 1 is 1.05 bits per heavy atom. The highest BCUT2D eigenvalue weighted by molar-refractivity contribution is 5.91. The Balaban J connectivity index is 2.22. The maximum atomic E-state index is 12.0. The molecule has 0 amide bonds. The number of hydrogen-bond donors (Lipinski definition) is 0. The molecule has 0 bridgehead atoms. The molecule has 0 N–H and O–H groups in total. The minimum atomic E-state index is -0.454. The van der Waals surface area contributed by atoms with Crippen molar-refractivity contribution < 1.29 is 19.1 Å². The Labute approximate surface area is 122 Å². The maximum Gasteiger partial charge on any atom is 0.343 e. The minimum absolute atomic E-state index is 0.328. The van der Waals surface area contributed by atoms with Gasteiger partial charge in [-0.3, -0.25) is 4.79 Å². The van der Waals surface area contributed by atoms with Crippen LogP contribution in [0.4, 0.5) is 0 Å². The normalized spacial score (nSPS) is 10.3. The molecule has 2 aromatic carbocycles. The first-order chi connectivity index (χ1) is 10.2. The van der Waals surface area contributed by atoms with Crippen LogP contribution in [0.25, 0.3) is 6.08 Å². The predicted octanol–water partition coefficient (Wildman–Crippen LogP) is 3.13. The lowest BCUT2D eigenvalue weighted by molar-refractivity contribution is -0.104. The molecule has 0 fully saturated rings. The fourth-order valence-electron chi connectivity index (χ4n) is 1.76. The van der Waals surface area contributed by atoms with Gasteiger partial charge in [0.1, 0.15) is 6.29 Å². The Bertz CT molecular complexity index is 660. The van der Waals surface area contributed by atoms with Crippen LogP contribution in [0.15, 0.2) is 54.6 Å². The molecule has 0 atom stereocenters. The number of methoxy groups -OCH3 is 1. The number of carbonyl (C=O) groups excluding carboxylic acids is 2. The van der Waals surface area contributed by atoms with Gasteiger partial charge >= 0.3 is 5.97 Å². The maximum absolute atomic E-state index is 12.0. The smallest absolute Gasteiger partial charge is 0.343 e. The van der Waals surface area contributed by atoms with Gasteiger partial charge in [0.25, 0.3) is 0 Å². The average Bonchev–Trinajstić information content (AvgIpc) is 2.54. The molecule has 2 rings (SSSR count). The average molecular weight is 282 g/mol. The molecule has 0 radical (unpaired) electrons. The lowest BCUT2D eigenvalue weighted by atomic mass is 10.2. The van der Waals surface area contributed by atoms with Gasteiger partial charge in [-0.05, 0) is 35.9 Å². The van der Waals surface area contributed by atoms with Crippen LogP contribution in [0.3, 0.4) is 0 Å². The quantitative estimate of drug-likeness (QED) is 0.366. The highest BCUT2D eigenvalue weighted by atomic mass is 16.6. The zero-order chi connectivity index (χ0) is 15.1. The first-order valence-corrected chi connectivity index (χ1v) is 6.31. The summed E-state index contributed by atoms with van der Waals surface area (Å²) in [6.45, 7) is 0. The van der Waals surface area contributed by atoms with E-state index in [0.717, 1.165) is 5.56 Å². The molecule has 0 saturated carbocycles. The Hall–Kier alpha value is -2.88. The molecule has 0 aliphatic heterocycles. The number of esters is 1. The summed E-state index contributed by atoms with van der Waals surface area (Å²) in [5, 5.41) is 0. The van der Waals surface area contributed by atoms with Crippen molar-refractivity contribution >= 4 is 18.3 Å². The van der Waals surface area contributed by atoms with Crippen molar-refractivity contribution in [2.45, 2.75) is 0 Å². The summed E-state index contributed by atoms with van der Waals surface area (Å²) >= 11 is 0. The Kier molecular flexibility index (Phi) is 4.88.